The Hall–Kier alpha value is -1.10. The van der Waals surface area contributed by atoms with E-state index >= 15 is 0 Å². The van der Waals surface area contributed by atoms with Crippen LogP contribution in [0.5, 0.6) is 0 Å². The number of rotatable bonds is 1. The first-order valence-corrected chi connectivity index (χ1v) is 6.45. The minimum atomic E-state index is -4.60. The number of hydrogen-bond donors (Lipinski definition) is 1. The molecule has 2 rings (SSSR count). The lowest BCUT2D eigenvalue weighted by molar-refractivity contribution is -0.136. The average molecular weight is 341 g/mol. The van der Waals surface area contributed by atoms with E-state index in [4.69, 9.17) is 40.5 Å². The molecule has 1 nitrogen and oxygen atoms in total. The molecule has 20 heavy (non-hydrogen) atoms. The van der Waals surface area contributed by atoms with Crippen molar-refractivity contribution in [2.24, 2.45) is 0 Å². The van der Waals surface area contributed by atoms with Gasteiger partial charge in [-0.1, -0.05) is 34.8 Å². The summed E-state index contributed by atoms with van der Waals surface area (Å²) in [6.45, 7) is 0. The fraction of sp³-hybridized carbons (Fsp3) is 0.0769. The Morgan fingerprint density at radius 3 is 2.15 bits per heavy atom. The third-order valence-electron chi connectivity index (χ3n) is 2.67. The van der Waals surface area contributed by atoms with E-state index in [-0.39, 0.29) is 15.6 Å². The Balaban J connectivity index is 2.70. The van der Waals surface area contributed by atoms with Crippen LogP contribution in [0.1, 0.15) is 5.56 Å². The first-order chi connectivity index (χ1) is 9.20. The first kappa shape index (κ1) is 15.3. The predicted octanol–water partition coefficient (Wildman–Crippen LogP) is 5.91. The molecule has 0 saturated carbocycles. The highest BCUT2D eigenvalue weighted by atomic mass is 35.5. The van der Waals surface area contributed by atoms with Crippen LogP contribution < -0.4 is 5.73 Å². The molecule has 0 unspecified atom stereocenters. The summed E-state index contributed by atoms with van der Waals surface area (Å²) in [4.78, 5) is 0. The summed E-state index contributed by atoms with van der Waals surface area (Å²) in [6.07, 6.45) is -4.60. The molecule has 0 spiro atoms. The second-order valence-electron chi connectivity index (χ2n) is 4.04. The monoisotopic (exact) mass is 339 g/mol. The van der Waals surface area contributed by atoms with E-state index in [1.807, 2.05) is 0 Å². The molecule has 2 aromatic rings. The standard InChI is InChI=1S/C13H7Cl3F3N/c14-7-1-2-10(15)8(5-7)6-3-9(13(17,18)19)12(20)11(16)4-6/h1-5H,20H2. The van der Waals surface area contributed by atoms with Crippen molar-refractivity contribution in [1.29, 1.82) is 0 Å². The van der Waals surface area contributed by atoms with Gasteiger partial charge in [0, 0.05) is 15.6 Å². The van der Waals surface area contributed by atoms with Gasteiger partial charge in [-0.05, 0) is 35.9 Å². The van der Waals surface area contributed by atoms with Crippen molar-refractivity contribution >= 4 is 40.5 Å². The quantitative estimate of drug-likeness (QED) is 0.641. The van der Waals surface area contributed by atoms with E-state index < -0.39 is 17.4 Å². The maximum absolute atomic E-state index is 12.9. The fourth-order valence-electron chi connectivity index (χ4n) is 1.73. The molecule has 0 aliphatic heterocycles. The first-order valence-electron chi connectivity index (χ1n) is 5.32. The van der Waals surface area contributed by atoms with Gasteiger partial charge in [0.1, 0.15) is 0 Å². The van der Waals surface area contributed by atoms with Crippen molar-refractivity contribution in [2.45, 2.75) is 6.18 Å². The highest BCUT2D eigenvalue weighted by Crippen LogP contribution is 2.41. The molecular weight excluding hydrogens is 334 g/mol. The molecule has 0 atom stereocenters. The van der Waals surface area contributed by atoms with Crippen LogP contribution in [0.3, 0.4) is 0 Å². The minimum absolute atomic E-state index is 0.189. The van der Waals surface area contributed by atoms with Crippen LogP contribution in [-0.2, 0) is 6.18 Å². The Morgan fingerprint density at radius 2 is 1.55 bits per heavy atom. The zero-order valence-electron chi connectivity index (χ0n) is 9.73. The normalized spacial score (nSPS) is 11.7. The molecule has 2 N–H and O–H groups in total. The average Bonchev–Trinajstić information content (AvgIpc) is 2.34. The van der Waals surface area contributed by atoms with E-state index in [2.05, 4.69) is 0 Å². The second kappa shape index (κ2) is 5.35. The van der Waals surface area contributed by atoms with Gasteiger partial charge >= 0.3 is 6.18 Å². The van der Waals surface area contributed by atoms with Crippen molar-refractivity contribution < 1.29 is 13.2 Å². The highest BCUT2D eigenvalue weighted by molar-refractivity contribution is 6.36. The summed E-state index contributed by atoms with van der Waals surface area (Å²) in [5.74, 6) is 0. The SMILES string of the molecule is Nc1c(Cl)cc(-c2cc(Cl)ccc2Cl)cc1C(F)(F)F. The maximum Gasteiger partial charge on any atom is 0.418 e. The summed E-state index contributed by atoms with van der Waals surface area (Å²) < 4.78 is 38.7. The number of alkyl halides is 3. The van der Waals surface area contributed by atoms with E-state index in [1.165, 1.54) is 24.3 Å². The number of anilines is 1. The van der Waals surface area contributed by atoms with Gasteiger partial charge in [0.2, 0.25) is 0 Å². The number of benzene rings is 2. The van der Waals surface area contributed by atoms with Crippen LogP contribution in [0.15, 0.2) is 30.3 Å². The molecule has 0 heterocycles. The largest absolute Gasteiger partial charge is 0.418 e. The van der Waals surface area contributed by atoms with Crippen molar-refractivity contribution in [3.8, 4) is 11.1 Å². The molecule has 0 aromatic heterocycles. The Labute approximate surface area is 128 Å². The van der Waals surface area contributed by atoms with Gasteiger partial charge in [-0.15, -0.1) is 0 Å². The molecule has 0 fully saturated rings. The fourth-order valence-corrected chi connectivity index (χ4v) is 2.34. The number of nitrogens with two attached hydrogens (primary N) is 1. The van der Waals surface area contributed by atoms with Gasteiger partial charge in [0.05, 0.1) is 16.3 Å². The van der Waals surface area contributed by atoms with E-state index in [1.54, 1.807) is 0 Å². The minimum Gasteiger partial charge on any atom is -0.397 e. The van der Waals surface area contributed by atoms with Gasteiger partial charge in [-0.25, -0.2) is 0 Å². The maximum atomic E-state index is 12.9. The number of halogens is 6. The summed E-state index contributed by atoms with van der Waals surface area (Å²) in [5, 5.41) is 0.431. The van der Waals surface area contributed by atoms with Gasteiger partial charge in [-0.2, -0.15) is 13.2 Å². The topological polar surface area (TPSA) is 26.0 Å². The van der Waals surface area contributed by atoms with Crippen molar-refractivity contribution in [3.63, 3.8) is 0 Å². The number of hydrogen-bond acceptors (Lipinski definition) is 1. The van der Waals surface area contributed by atoms with Gasteiger partial charge < -0.3 is 5.73 Å². The zero-order chi connectivity index (χ0) is 15.1. The van der Waals surface area contributed by atoms with Crippen LogP contribution in [0.4, 0.5) is 18.9 Å². The predicted molar refractivity (Wildman–Crippen MR) is 76.3 cm³/mol. The lowest BCUT2D eigenvalue weighted by atomic mass is 10.0. The molecular formula is C13H7Cl3F3N. The van der Waals surface area contributed by atoms with Gasteiger partial charge in [-0.3, -0.25) is 0 Å². The molecule has 0 amide bonds. The van der Waals surface area contributed by atoms with Crippen molar-refractivity contribution in [1.82, 2.24) is 0 Å². The molecule has 0 aliphatic rings. The Bertz CT molecular complexity index is 669. The summed E-state index contributed by atoms with van der Waals surface area (Å²) >= 11 is 17.6. The molecule has 7 heteroatoms. The molecule has 0 aliphatic carbocycles. The lowest BCUT2D eigenvalue weighted by Crippen LogP contribution is -2.09. The van der Waals surface area contributed by atoms with Crippen LogP contribution in [0.2, 0.25) is 15.1 Å². The van der Waals surface area contributed by atoms with Crippen LogP contribution in [0, 0.1) is 0 Å². The van der Waals surface area contributed by atoms with Crippen LogP contribution >= 0.6 is 34.8 Å². The summed E-state index contributed by atoms with van der Waals surface area (Å²) in [5.41, 5.74) is 4.41. The molecule has 0 saturated heterocycles. The van der Waals surface area contributed by atoms with Gasteiger partial charge in [0.15, 0.2) is 0 Å². The Morgan fingerprint density at radius 1 is 0.900 bits per heavy atom. The lowest BCUT2D eigenvalue weighted by Gasteiger charge is -2.14. The van der Waals surface area contributed by atoms with Gasteiger partial charge in [0.25, 0.3) is 0 Å². The molecule has 2 aromatic carbocycles. The van der Waals surface area contributed by atoms with E-state index in [9.17, 15) is 13.2 Å². The van der Waals surface area contributed by atoms with E-state index in [0.29, 0.717) is 10.6 Å². The van der Waals surface area contributed by atoms with Crippen LogP contribution in [0.25, 0.3) is 11.1 Å². The van der Waals surface area contributed by atoms with Crippen molar-refractivity contribution in [2.75, 3.05) is 5.73 Å². The second-order valence-corrected chi connectivity index (χ2v) is 5.29. The zero-order valence-corrected chi connectivity index (χ0v) is 12.0. The number of nitrogen functional groups attached to an aromatic ring is 1. The highest BCUT2D eigenvalue weighted by Gasteiger charge is 2.34. The summed E-state index contributed by atoms with van der Waals surface area (Å²) in [7, 11) is 0. The smallest absolute Gasteiger partial charge is 0.397 e. The van der Waals surface area contributed by atoms with E-state index in [0.717, 1.165) is 6.07 Å². The van der Waals surface area contributed by atoms with Crippen molar-refractivity contribution in [3.05, 3.63) is 51.0 Å². The third kappa shape index (κ3) is 2.97. The van der Waals surface area contributed by atoms with Crippen LogP contribution in [-0.4, -0.2) is 0 Å². The molecule has 0 radical (unpaired) electrons. The Kier molecular flexibility index (Phi) is 4.09. The third-order valence-corrected chi connectivity index (χ3v) is 3.55. The molecule has 0 bridgehead atoms. The molecule has 106 valence electrons. The summed E-state index contributed by atoms with van der Waals surface area (Å²) in [6, 6.07) is 6.72.